The van der Waals surface area contributed by atoms with E-state index in [1.807, 2.05) is 24.3 Å². The van der Waals surface area contributed by atoms with Crippen molar-refractivity contribution in [3.63, 3.8) is 0 Å². The molecular formula is C30H38ClN7O2. The Labute approximate surface area is 240 Å². The molecule has 4 aliphatic carbocycles. The summed E-state index contributed by atoms with van der Waals surface area (Å²) in [5, 5.41) is 30.4. The average Bonchev–Trinajstić information content (AvgIpc) is 2.97. The Morgan fingerprint density at radius 1 is 1.15 bits per heavy atom. The van der Waals surface area contributed by atoms with Crippen LogP contribution in [0.2, 0.25) is 5.02 Å². The van der Waals surface area contributed by atoms with Crippen molar-refractivity contribution in [2.75, 3.05) is 36.9 Å². The van der Waals surface area contributed by atoms with Crippen molar-refractivity contribution >= 4 is 29.3 Å². The predicted molar refractivity (Wildman–Crippen MR) is 154 cm³/mol. The van der Waals surface area contributed by atoms with Gasteiger partial charge in [-0.1, -0.05) is 29.8 Å². The molecule has 4 saturated carbocycles. The quantitative estimate of drug-likeness (QED) is 0.363. The molecule has 2 aromatic rings. The molecule has 1 saturated heterocycles. The van der Waals surface area contributed by atoms with Gasteiger partial charge in [0.25, 0.3) is 0 Å². The van der Waals surface area contributed by atoms with Crippen LogP contribution in [-0.4, -0.2) is 64.2 Å². The number of carbonyl (C=O) groups excluding carboxylic acids is 1. The van der Waals surface area contributed by atoms with Crippen LogP contribution in [0.5, 0.6) is 0 Å². The summed E-state index contributed by atoms with van der Waals surface area (Å²) < 4.78 is 0. The van der Waals surface area contributed by atoms with Crippen LogP contribution in [0.1, 0.15) is 56.1 Å². The molecule has 5 atom stereocenters. The molecule has 212 valence electrons. The molecule has 1 amide bonds. The van der Waals surface area contributed by atoms with E-state index in [4.69, 9.17) is 16.7 Å². The molecule has 2 heterocycles. The van der Waals surface area contributed by atoms with Gasteiger partial charge in [0.05, 0.1) is 6.20 Å². The van der Waals surface area contributed by atoms with Gasteiger partial charge in [0.15, 0.2) is 0 Å². The third kappa shape index (κ3) is 5.63. The molecule has 7 rings (SSSR count). The maximum absolute atomic E-state index is 11.8. The molecular weight excluding hydrogens is 526 g/mol. The van der Waals surface area contributed by atoms with Gasteiger partial charge in [-0.3, -0.25) is 4.79 Å². The largest absolute Gasteiger partial charge is 0.387 e. The van der Waals surface area contributed by atoms with Gasteiger partial charge < -0.3 is 26.0 Å². The van der Waals surface area contributed by atoms with Gasteiger partial charge in [-0.2, -0.15) is 10.2 Å². The zero-order valence-electron chi connectivity index (χ0n) is 22.8. The Morgan fingerprint density at radius 2 is 1.90 bits per heavy atom. The Hall–Kier alpha value is -2.93. The second-order valence-electron chi connectivity index (χ2n) is 12.3. The summed E-state index contributed by atoms with van der Waals surface area (Å²) in [5.74, 6) is 3.01. The number of nitrogens with one attached hydrogen (secondary N) is 3. The molecule has 4 bridgehead atoms. The van der Waals surface area contributed by atoms with Crippen LogP contribution >= 0.6 is 11.6 Å². The van der Waals surface area contributed by atoms with E-state index in [2.05, 4.69) is 32.0 Å². The van der Waals surface area contributed by atoms with E-state index in [0.29, 0.717) is 52.8 Å². The molecule has 1 unspecified atom stereocenters. The minimum Gasteiger partial charge on any atom is -0.387 e. The standard InChI is InChI=1S/C30H38ClN7O2/c31-25-4-2-1-3-20(25)15-33-29-34-16-23(14-32)28(37-29)35-18-30-11-19-9-21(12-30)27(22(10-19)13-30)36-24-5-7-38(8-6-24)26(40)17-39/h1-4,16,19,21-22,24,27,36,39H,5-13,15,17-18H2,(H2,33,34,35,37)/t19?,21-,22+,27-,30-. The van der Waals surface area contributed by atoms with Crippen LogP contribution in [0.4, 0.5) is 11.8 Å². The van der Waals surface area contributed by atoms with Gasteiger partial charge in [0.1, 0.15) is 24.1 Å². The molecule has 4 N–H and O–H groups in total. The monoisotopic (exact) mass is 563 g/mol. The number of rotatable bonds is 9. The van der Waals surface area contributed by atoms with E-state index in [1.165, 1.54) is 32.1 Å². The summed E-state index contributed by atoms with van der Waals surface area (Å²) in [6.45, 7) is 2.38. The number of aliphatic hydroxyl groups excluding tert-OH is 1. The number of anilines is 2. The molecule has 10 heteroatoms. The Bertz CT molecular complexity index is 1260. The summed E-state index contributed by atoms with van der Waals surface area (Å²) in [6, 6.07) is 10.9. The van der Waals surface area contributed by atoms with Gasteiger partial charge in [-0.05, 0) is 79.7 Å². The smallest absolute Gasteiger partial charge is 0.248 e. The number of nitriles is 1. The van der Waals surface area contributed by atoms with Crippen molar-refractivity contribution in [2.24, 2.45) is 23.2 Å². The summed E-state index contributed by atoms with van der Waals surface area (Å²) in [7, 11) is 0. The maximum Gasteiger partial charge on any atom is 0.248 e. The molecule has 5 fully saturated rings. The van der Waals surface area contributed by atoms with E-state index < -0.39 is 6.61 Å². The normalized spacial score (nSPS) is 29.3. The summed E-state index contributed by atoms with van der Waals surface area (Å²) in [5.41, 5.74) is 1.65. The maximum atomic E-state index is 11.8. The number of amides is 1. The SMILES string of the molecule is N#Cc1cnc(NCc2ccccc2Cl)nc1NC[C@]12CC3C[C@H](C1)[C@@H](NC1CCN(C(=O)CO)CC1)[C@@H](C3)C2. The van der Waals surface area contributed by atoms with Crippen molar-refractivity contribution < 1.29 is 9.90 Å². The van der Waals surface area contributed by atoms with Crippen molar-refractivity contribution in [3.8, 4) is 6.07 Å². The third-order valence-electron chi connectivity index (χ3n) is 9.75. The average molecular weight is 564 g/mol. The number of benzene rings is 1. The van der Waals surface area contributed by atoms with E-state index in [9.17, 15) is 10.1 Å². The molecule has 0 radical (unpaired) electrons. The number of aliphatic hydroxyl groups is 1. The molecule has 1 aromatic heterocycles. The zero-order chi connectivity index (χ0) is 27.7. The first kappa shape index (κ1) is 27.3. The Kier molecular flexibility index (Phi) is 7.84. The number of likely N-dealkylation sites (tertiary alicyclic amines) is 1. The van der Waals surface area contributed by atoms with Crippen LogP contribution in [-0.2, 0) is 11.3 Å². The van der Waals surface area contributed by atoms with Crippen molar-refractivity contribution in [3.05, 3.63) is 46.6 Å². The summed E-state index contributed by atoms with van der Waals surface area (Å²) in [6.07, 6.45) is 9.71. The van der Waals surface area contributed by atoms with Crippen LogP contribution in [0.3, 0.4) is 0 Å². The van der Waals surface area contributed by atoms with Crippen molar-refractivity contribution in [1.29, 1.82) is 5.26 Å². The number of halogens is 1. The lowest BCUT2D eigenvalue weighted by molar-refractivity contribution is -0.135. The molecule has 0 spiro atoms. The van der Waals surface area contributed by atoms with Gasteiger partial charge in [-0.25, -0.2) is 4.98 Å². The van der Waals surface area contributed by atoms with Crippen LogP contribution in [0.25, 0.3) is 0 Å². The second kappa shape index (κ2) is 11.5. The minimum absolute atomic E-state index is 0.158. The number of hydrogen-bond acceptors (Lipinski definition) is 8. The number of hydrogen-bond donors (Lipinski definition) is 4. The fourth-order valence-electron chi connectivity index (χ4n) is 8.12. The highest BCUT2D eigenvalue weighted by molar-refractivity contribution is 6.31. The highest BCUT2D eigenvalue weighted by Crippen LogP contribution is 2.60. The first-order valence-electron chi connectivity index (χ1n) is 14.6. The number of aromatic nitrogens is 2. The highest BCUT2D eigenvalue weighted by atomic mass is 35.5. The van der Waals surface area contributed by atoms with E-state index >= 15 is 0 Å². The highest BCUT2D eigenvalue weighted by Gasteiger charge is 2.55. The van der Waals surface area contributed by atoms with E-state index in [1.54, 1.807) is 11.1 Å². The second-order valence-corrected chi connectivity index (χ2v) is 12.7. The Balaban J connectivity index is 1.08. The fraction of sp³-hybridized carbons (Fsp3) is 0.600. The lowest BCUT2D eigenvalue weighted by Crippen LogP contribution is -2.62. The van der Waals surface area contributed by atoms with Crippen molar-refractivity contribution in [2.45, 2.75) is 63.6 Å². The molecule has 1 aliphatic heterocycles. The zero-order valence-corrected chi connectivity index (χ0v) is 23.5. The number of nitrogens with zero attached hydrogens (tertiary/aromatic N) is 4. The van der Waals surface area contributed by atoms with E-state index in [-0.39, 0.29) is 11.3 Å². The molecule has 1 aromatic carbocycles. The fourth-order valence-corrected chi connectivity index (χ4v) is 8.32. The number of piperidine rings is 1. The Morgan fingerprint density at radius 3 is 2.60 bits per heavy atom. The predicted octanol–water partition coefficient (Wildman–Crippen LogP) is 3.79. The summed E-state index contributed by atoms with van der Waals surface area (Å²) in [4.78, 5) is 22.6. The summed E-state index contributed by atoms with van der Waals surface area (Å²) >= 11 is 6.29. The molecule has 40 heavy (non-hydrogen) atoms. The van der Waals surface area contributed by atoms with Crippen LogP contribution in [0, 0.1) is 34.5 Å². The lowest BCUT2D eigenvalue weighted by atomic mass is 9.48. The van der Waals surface area contributed by atoms with Gasteiger partial charge >= 0.3 is 0 Å². The minimum atomic E-state index is -0.395. The van der Waals surface area contributed by atoms with Gasteiger partial charge in [-0.15, -0.1) is 0 Å². The topological polar surface area (TPSA) is 126 Å². The molecule has 5 aliphatic rings. The van der Waals surface area contributed by atoms with Crippen LogP contribution in [0.15, 0.2) is 30.5 Å². The third-order valence-corrected chi connectivity index (χ3v) is 10.1. The van der Waals surface area contributed by atoms with Gasteiger partial charge in [0, 0.05) is 43.3 Å². The van der Waals surface area contributed by atoms with E-state index in [0.717, 1.165) is 44.0 Å². The first-order valence-corrected chi connectivity index (χ1v) is 15.0. The number of carbonyl (C=O) groups is 1. The van der Waals surface area contributed by atoms with Crippen LogP contribution < -0.4 is 16.0 Å². The lowest BCUT2D eigenvalue weighted by Gasteiger charge is -2.61. The van der Waals surface area contributed by atoms with Crippen molar-refractivity contribution in [1.82, 2.24) is 20.2 Å². The molecule has 9 nitrogen and oxygen atoms in total. The first-order chi connectivity index (χ1) is 19.4. The van der Waals surface area contributed by atoms with Gasteiger partial charge in [0.2, 0.25) is 11.9 Å².